The lowest BCUT2D eigenvalue weighted by molar-refractivity contribution is -0.116. The number of anilines is 1. The Labute approximate surface area is 169 Å². The molecule has 1 aliphatic heterocycles. The molecule has 0 unspecified atom stereocenters. The van der Waals surface area contributed by atoms with Crippen molar-refractivity contribution < 1.29 is 18.3 Å². The molecule has 0 bridgehead atoms. The summed E-state index contributed by atoms with van der Waals surface area (Å²) >= 11 is 0. The summed E-state index contributed by atoms with van der Waals surface area (Å²) in [6, 6.07) is 10.3. The molecule has 0 radical (unpaired) electrons. The molecular weight excluding hydrogens is 376 g/mol. The van der Waals surface area contributed by atoms with Gasteiger partial charge in [-0.3, -0.25) is 4.79 Å². The fourth-order valence-electron chi connectivity index (χ4n) is 3.24. The van der Waals surface area contributed by atoms with Crippen LogP contribution in [0.5, 0.6) is 5.75 Å². The van der Waals surface area contributed by atoms with Gasteiger partial charge in [0.2, 0.25) is 5.91 Å². The lowest BCUT2D eigenvalue weighted by Crippen LogP contribution is -2.25. The van der Waals surface area contributed by atoms with Gasteiger partial charge in [0.1, 0.15) is 11.6 Å². The van der Waals surface area contributed by atoms with E-state index in [-0.39, 0.29) is 11.7 Å². The van der Waals surface area contributed by atoms with Crippen LogP contribution in [0.1, 0.15) is 36.8 Å². The molecule has 7 heteroatoms. The molecule has 1 aromatic carbocycles. The molecule has 0 saturated carbocycles. The van der Waals surface area contributed by atoms with Crippen molar-refractivity contribution in [1.29, 1.82) is 0 Å². The lowest BCUT2D eigenvalue weighted by atomic mass is 10.2. The van der Waals surface area contributed by atoms with Crippen molar-refractivity contribution in [3.05, 3.63) is 59.8 Å². The Bertz CT molecular complexity index is 817. The minimum atomic E-state index is -2.91. The topological polar surface area (TPSA) is 54.5 Å². The molecule has 1 saturated heterocycles. The van der Waals surface area contributed by atoms with E-state index in [2.05, 4.69) is 19.9 Å². The largest absolute Gasteiger partial charge is 0.434 e. The zero-order chi connectivity index (χ0) is 20.5. The Morgan fingerprint density at radius 3 is 2.59 bits per heavy atom. The van der Waals surface area contributed by atoms with Crippen LogP contribution in [0, 0.1) is 0 Å². The summed E-state index contributed by atoms with van der Waals surface area (Å²) in [5.41, 5.74) is 1.30. The quantitative estimate of drug-likeness (QED) is 0.699. The number of alkyl halides is 2. The zero-order valence-corrected chi connectivity index (χ0v) is 16.2. The van der Waals surface area contributed by atoms with Gasteiger partial charge in [-0.2, -0.15) is 8.78 Å². The van der Waals surface area contributed by atoms with Gasteiger partial charge in [-0.25, -0.2) is 4.98 Å². The van der Waals surface area contributed by atoms with Crippen LogP contribution in [0.25, 0.3) is 6.08 Å². The van der Waals surface area contributed by atoms with Crippen LogP contribution in [-0.4, -0.2) is 30.6 Å². The SMILES string of the molecule is O=C(/C=C/c1ccccc1OC(F)F)NCc1ccc(N2CCCCCC2)nc1. The molecule has 1 aliphatic rings. The maximum atomic E-state index is 12.4. The van der Waals surface area contributed by atoms with E-state index in [1.54, 1.807) is 24.4 Å². The van der Waals surface area contributed by atoms with E-state index in [4.69, 9.17) is 0 Å². The first-order chi connectivity index (χ1) is 14.1. The highest BCUT2D eigenvalue weighted by Crippen LogP contribution is 2.21. The third-order valence-corrected chi connectivity index (χ3v) is 4.76. The van der Waals surface area contributed by atoms with Crippen LogP contribution in [0.15, 0.2) is 48.7 Å². The first-order valence-corrected chi connectivity index (χ1v) is 9.81. The van der Waals surface area contributed by atoms with Crippen LogP contribution in [0.4, 0.5) is 14.6 Å². The van der Waals surface area contributed by atoms with Crippen LogP contribution in [0.2, 0.25) is 0 Å². The Kier molecular flexibility index (Phi) is 7.55. The number of pyridine rings is 1. The van der Waals surface area contributed by atoms with Gasteiger partial charge in [-0.15, -0.1) is 0 Å². The van der Waals surface area contributed by atoms with Gasteiger partial charge in [-0.1, -0.05) is 37.1 Å². The Hall–Kier alpha value is -2.96. The average molecular weight is 401 g/mol. The smallest absolute Gasteiger partial charge is 0.387 e. The van der Waals surface area contributed by atoms with Gasteiger partial charge in [0.15, 0.2) is 0 Å². The van der Waals surface area contributed by atoms with Crippen molar-refractivity contribution in [3.63, 3.8) is 0 Å². The predicted molar refractivity (Wildman–Crippen MR) is 109 cm³/mol. The van der Waals surface area contributed by atoms with Gasteiger partial charge < -0.3 is 15.0 Å². The molecule has 0 spiro atoms. The molecule has 3 rings (SSSR count). The third kappa shape index (κ3) is 6.55. The van der Waals surface area contributed by atoms with Crippen LogP contribution in [0.3, 0.4) is 0 Å². The second kappa shape index (κ2) is 10.5. The van der Waals surface area contributed by atoms with Gasteiger partial charge in [0, 0.05) is 37.5 Å². The number of halogens is 2. The Morgan fingerprint density at radius 2 is 1.90 bits per heavy atom. The summed E-state index contributed by atoms with van der Waals surface area (Å²) in [4.78, 5) is 18.9. The molecule has 5 nitrogen and oxygen atoms in total. The van der Waals surface area contributed by atoms with E-state index in [1.807, 2.05) is 12.1 Å². The number of hydrogen-bond donors (Lipinski definition) is 1. The highest BCUT2D eigenvalue weighted by Gasteiger charge is 2.11. The van der Waals surface area contributed by atoms with Crippen molar-refractivity contribution in [2.75, 3.05) is 18.0 Å². The number of nitrogens with one attached hydrogen (secondary N) is 1. The van der Waals surface area contributed by atoms with E-state index in [0.29, 0.717) is 12.1 Å². The van der Waals surface area contributed by atoms with Crippen molar-refractivity contribution >= 4 is 17.8 Å². The van der Waals surface area contributed by atoms with E-state index in [9.17, 15) is 13.6 Å². The number of hydrogen-bond acceptors (Lipinski definition) is 4. The number of amides is 1. The number of carbonyl (C=O) groups excluding carboxylic acids is 1. The number of benzene rings is 1. The standard InChI is InChI=1S/C22H25F2N3O2/c23-22(24)29-19-8-4-3-7-18(19)10-12-21(28)26-16-17-9-11-20(25-15-17)27-13-5-1-2-6-14-27/h3-4,7-12,15,22H,1-2,5-6,13-14,16H2,(H,26,28)/b12-10+. The summed E-state index contributed by atoms with van der Waals surface area (Å²) in [5, 5.41) is 2.77. The number of ether oxygens (including phenoxy) is 1. The highest BCUT2D eigenvalue weighted by molar-refractivity contribution is 5.92. The molecule has 154 valence electrons. The number of carbonyl (C=O) groups is 1. The van der Waals surface area contributed by atoms with Crippen molar-refractivity contribution in [3.8, 4) is 5.75 Å². The molecule has 1 N–H and O–H groups in total. The molecule has 0 atom stereocenters. The Balaban J connectivity index is 1.52. The maximum Gasteiger partial charge on any atom is 0.387 e. The van der Waals surface area contributed by atoms with E-state index < -0.39 is 6.61 Å². The minimum absolute atomic E-state index is 0.0276. The molecular formula is C22H25F2N3O2. The van der Waals surface area contributed by atoms with E-state index in [1.165, 1.54) is 43.9 Å². The second-order valence-corrected chi connectivity index (χ2v) is 6.89. The molecule has 0 aliphatic carbocycles. The van der Waals surface area contributed by atoms with Gasteiger partial charge >= 0.3 is 6.61 Å². The summed E-state index contributed by atoms with van der Waals surface area (Å²) in [7, 11) is 0. The number of aromatic nitrogens is 1. The van der Waals surface area contributed by atoms with Crippen molar-refractivity contribution in [2.24, 2.45) is 0 Å². The van der Waals surface area contributed by atoms with Crippen LogP contribution in [-0.2, 0) is 11.3 Å². The predicted octanol–water partition coefficient (Wildman–Crippen LogP) is 4.39. The molecule has 1 aromatic heterocycles. The summed E-state index contributed by atoms with van der Waals surface area (Å²) in [5.74, 6) is 0.672. The normalized spacial score (nSPS) is 14.8. The summed E-state index contributed by atoms with van der Waals surface area (Å²) in [6.07, 6.45) is 9.45. The molecule has 2 aromatic rings. The highest BCUT2D eigenvalue weighted by atomic mass is 19.3. The fraction of sp³-hybridized carbons (Fsp3) is 0.364. The molecule has 1 fully saturated rings. The van der Waals surface area contributed by atoms with E-state index in [0.717, 1.165) is 24.5 Å². The van der Waals surface area contributed by atoms with Crippen molar-refractivity contribution in [1.82, 2.24) is 10.3 Å². The van der Waals surface area contributed by atoms with Gasteiger partial charge in [-0.05, 0) is 36.6 Å². The molecule has 1 amide bonds. The maximum absolute atomic E-state index is 12.4. The van der Waals surface area contributed by atoms with Crippen molar-refractivity contribution in [2.45, 2.75) is 38.8 Å². The zero-order valence-electron chi connectivity index (χ0n) is 16.2. The fourth-order valence-corrected chi connectivity index (χ4v) is 3.24. The first-order valence-electron chi connectivity index (χ1n) is 9.81. The van der Waals surface area contributed by atoms with Crippen LogP contribution < -0.4 is 15.0 Å². The first kappa shape index (κ1) is 20.8. The van der Waals surface area contributed by atoms with Gasteiger partial charge in [0.25, 0.3) is 0 Å². The van der Waals surface area contributed by atoms with Crippen LogP contribution >= 0.6 is 0 Å². The third-order valence-electron chi connectivity index (χ3n) is 4.76. The van der Waals surface area contributed by atoms with E-state index >= 15 is 0 Å². The minimum Gasteiger partial charge on any atom is -0.434 e. The Morgan fingerprint density at radius 1 is 1.14 bits per heavy atom. The lowest BCUT2D eigenvalue weighted by Gasteiger charge is -2.21. The summed E-state index contributed by atoms with van der Waals surface area (Å²) < 4.78 is 29.3. The number of nitrogens with zero attached hydrogens (tertiary/aromatic N) is 2. The monoisotopic (exact) mass is 401 g/mol. The number of para-hydroxylation sites is 1. The molecule has 29 heavy (non-hydrogen) atoms. The van der Waals surface area contributed by atoms with Gasteiger partial charge in [0.05, 0.1) is 0 Å². The second-order valence-electron chi connectivity index (χ2n) is 6.89. The molecule has 2 heterocycles. The number of rotatable bonds is 7. The average Bonchev–Trinajstić information content (AvgIpc) is 3.01. The summed E-state index contributed by atoms with van der Waals surface area (Å²) in [6.45, 7) is -0.510.